The Morgan fingerprint density at radius 3 is 2.50 bits per heavy atom. The number of carbonyl (C=O) groups is 1. The fourth-order valence-corrected chi connectivity index (χ4v) is 2.27. The minimum Gasteiger partial charge on any atom is -0.367 e. The Morgan fingerprint density at radius 2 is 1.94 bits per heavy atom. The number of amides is 1. The zero-order valence-corrected chi connectivity index (χ0v) is 11.2. The molecule has 0 spiro atoms. The average molecular weight is 271 g/mol. The second kappa shape index (κ2) is 6.39. The van der Waals surface area contributed by atoms with Crippen LogP contribution >= 0.6 is 0 Å². The lowest BCUT2D eigenvalue weighted by Gasteiger charge is -2.11. The first-order valence-corrected chi connectivity index (χ1v) is 7.16. The van der Waals surface area contributed by atoms with Gasteiger partial charge in [0.15, 0.2) is 0 Å². The molecule has 18 heavy (non-hydrogen) atoms. The highest BCUT2D eigenvalue weighted by atomic mass is 32.2. The van der Waals surface area contributed by atoms with Gasteiger partial charge in [0.2, 0.25) is 5.91 Å². The van der Waals surface area contributed by atoms with Crippen molar-refractivity contribution < 1.29 is 17.4 Å². The second-order valence-electron chi connectivity index (χ2n) is 4.01. The maximum Gasteiger partial charge on any atom is 0.409 e. The summed E-state index contributed by atoms with van der Waals surface area (Å²) in [6.45, 7) is 3.61. The first-order valence-electron chi connectivity index (χ1n) is 5.75. The lowest BCUT2D eigenvalue weighted by Crippen LogP contribution is -2.37. The van der Waals surface area contributed by atoms with E-state index in [9.17, 15) is 13.2 Å². The number of hydrogen-bond donors (Lipinski definition) is 1. The van der Waals surface area contributed by atoms with E-state index >= 15 is 0 Å². The van der Waals surface area contributed by atoms with E-state index in [1.165, 1.54) is 12.1 Å². The molecule has 0 aromatic heterocycles. The number of benzene rings is 1. The summed E-state index contributed by atoms with van der Waals surface area (Å²) in [5, 5.41) is 0. The van der Waals surface area contributed by atoms with E-state index in [0.717, 1.165) is 6.42 Å². The lowest BCUT2D eigenvalue weighted by atomic mass is 10.1. The van der Waals surface area contributed by atoms with Crippen LogP contribution in [0, 0.1) is 5.92 Å². The van der Waals surface area contributed by atoms with E-state index < -0.39 is 16.2 Å². The molecular weight excluding hydrogens is 254 g/mol. The Morgan fingerprint density at radius 1 is 1.33 bits per heavy atom. The zero-order valence-electron chi connectivity index (χ0n) is 10.4. The molecule has 1 aromatic rings. The molecule has 0 heterocycles. The smallest absolute Gasteiger partial charge is 0.367 e. The van der Waals surface area contributed by atoms with Crippen LogP contribution in [0.15, 0.2) is 30.3 Å². The molecule has 0 radical (unpaired) electrons. The first-order chi connectivity index (χ1) is 8.44. The molecule has 0 fully saturated rings. The largest absolute Gasteiger partial charge is 0.409 e. The van der Waals surface area contributed by atoms with Crippen molar-refractivity contribution in [3.63, 3.8) is 0 Å². The summed E-state index contributed by atoms with van der Waals surface area (Å²) in [4.78, 5) is 11.6. The van der Waals surface area contributed by atoms with Gasteiger partial charge in [0, 0.05) is 5.92 Å². The molecule has 1 rings (SSSR count). The summed E-state index contributed by atoms with van der Waals surface area (Å²) < 4.78 is 29.8. The van der Waals surface area contributed by atoms with Gasteiger partial charge in [0.05, 0.1) is 0 Å². The van der Waals surface area contributed by atoms with Crippen LogP contribution in [0.3, 0.4) is 0 Å². The van der Waals surface area contributed by atoms with Crippen molar-refractivity contribution in [2.45, 2.75) is 26.7 Å². The zero-order chi connectivity index (χ0) is 13.6. The fourth-order valence-electron chi connectivity index (χ4n) is 1.41. The molecule has 0 bridgehead atoms. The molecule has 1 aromatic carbocycles. The van der Waals surface area contributed by atoms with Crippen LogP contribution in [-0.4, -0.2) is 14.3 Å². The second-order valence-corrected chi connectivity index (χ2v) is 5.29. The van der Waals surface area contributed by atoms with Gasteiger partial charge in [-0.15, -0.1) is 0 Å². The standard InChI is InChI=1S/C12H17NO4S/c1-3-7-10(2)12(14)13-18(15,16)17-11-8-5-4-6-9-11/h4-6,8-10H,3,7H2,1-2H3,(H,13,14). The third kappa shape index (κ3) is 4.75. The van der Waals surface area contributed by atoms with Crippen LogP contribution < -0.4 is 8.91 Å². The number of para-hydroxylation sites is 1. The van der Waals surface area contributed by atoms with Crippen molar-refractivity contribution in [2.24, 2.45) is 5.92 Å². The molecule has 0 aliphatic carbocycles. The maximum atomic E-state index is 11.6. The first kappa shape index (κ1) is 14.5. The van der Waals surface area contributed by atoms with Crippen molar-refractivity contribution in [3.8, 4) is 5.75 Å². The van der Waals surface area contributed by atoms with Gasteiger partial charge < -0.3 is 4.18 Å². The van der Waals surface area contributed by atoms with Crippen molar-refractivity contribution in [1.29, 1.82) is 0 Å². The minimum atomic E-state index is -4.10. The predicted molar refractivity (Wildman–Crippen MR) is 68.2 cm³/mol. The third-order valence-corrected chi connectivity index (χ3v) is 3.21. The molecule has 1 amide bonds. The normalized spacial score (nSPS) is 12.8. The molecule has 0 saturated heterocycles. The third-order valence-electron chi connectivity index (χ3n) is 2.34. The van der Waals surface area contributed by atoms with E-state index in [2.05, 4.69) is 0 Å². The van der Waals surface area contributed by atoms with Gasteiger partial charge in [-0.3, -0.25) is 4.79 Å². The highest BCUT2D eigenvalue weighted by Gasteiger charge is 2.20. The summed E-state index contributed by atoms with van der Waals surface area (Å²) in [5.41, 5.74) is 0. The lowest BCUT2D eigenvalue weighted by molar-refractivity contribution is -0.122. The molecule has 100 valence electrons. The predicted octanol–water partition coefficient (Wildman–Crippen LogP) is 1.86. The molecule has 0 saturated carbocycles. The van der Waals surface area contributed by atoms with Gasteiger partial charge in [0.25, 0.3) is 0 Å². The van der Waals surface area contributed by atoms with E-state index in [0.29, 0.717) is 6.42 Å². The summed E-state index contributed by atoms with van der Waals surface area (Å²) in [7, 11) is -4.10. The van der Waals surface area contributed by atoms with Crippen LogP contribution in [0.4, 0.5) is 0 Å². The summed E-state index contributed by atoms with van der Waals surface area (Å²) in [6, 6.07) is 8.03. The number of nitrogens with one attached hydrogen (secondary N) is 1. The quantitative estimate of drug-likeness (QED) is 0.857. The molecule has 1 unspecified atom stereocenters. The summed E-state index contributed by atoms with van der Waals surface area (Å²) >= 11 is 0. The number of rotatable bonds is 6. The van der Waals surface area contributed by atoms with Crippen LogP contribution in [0.5, 0.6) is 5.75 Å². The van der Waals surface area contributed by atoms with Crippen LogP contribution in [0.25, 0.3) is 0 Å². The molecule has 1 atom stereocenters. The topological polar surface area (TPSA) is 72.5 Å². The SMILES string of the molecule is CCCC(C)C(=O)NS(=O)(=O)Oc1ccccc1. The van der Waals surface area contributed by atoms with E-state index in [-0.39, 0.29) is 11.7 Å². The van der Waals surface area contributed by atoms with Crippen molar-refractivity contribution >= 4 is 16.2 Å². The van der Waals surface area contributed by atoms with E-state index in [4.69, 9.17) is 4.18 Å². The highest BCUT2D eigenvalue weighted by Crippen LogP contribution is 2.11. The van der Waals surface area contributed by atoms with Crippen LogP contribution in [-0.2, 0) is 15.1 Å². The van der Waals surface area contributed by atoms with E-state index in [1.54, 1.807) is 25.1 Å². The average Bonchev–Trinajstić information content (AvgIpc) is 2.29. The van der Waals surface area contributed by atoms with Gasteiger partial charge in [-0.1, -0.05) is 38.5 Å². The molecule has 1 N–H and O–H groups in total. The van der Waals surface area contributed by atoms with Gasteiger partial charge >= 0.3 is 10.3 Å². The highest BCUT2D eigenvalue weighted by molar-refractivity contribution is 7.85. The fraction of sp³-hybridized carbons (Fsp3) is 0.417. The van der Waals surface area contributed by atoms with Crippen LogP contribution in [0.1, 0.15) is 26.7 Å². The van der Waals surface area contributed by atoms with Gasteiger partial charge in [-0.2, -0.15) is 8.42 Å². The molecule has 6 heteroatoms. The Bertz CT molecular complexity index is 484. The number of hydrogen-bond acceptors (Lipinski definition) is 4. The maximum absolute atomic E-state index is 11.6. The molecule has 5 nitrogen and oxygen atoms in total. The van der Waals surface area contributed by atoms with Crippen LogP contribution in [0.2, 0.25) is 0 Å². The monoisotopic (exact) mass is 271 g/mol. The van der Waals surface area contributed by atoms with Crippen molar-refractivity contribution in [1.82, 2.24) is 4.72 Å². The van der Waals surface area contributed by atoms with Crippen molar-refractivity contribution in [2.75, 3.05) is 0 Å². The molecular formula is C12H17NO4S. The van der Waals surface area contributed by atoms with Gasteiger partial charge in [-0.05, 0) is 18.6 Å². The summed E-state index contributed by atoms with van der Waals surface area (Å²) in [6.07, 6.45) is 1.45. The Balaban J connectivity index is 2.63. The Hall–Kier alpha value is -1.56. The molecule has 0 aliphatic rings. The number of carbonyl (C=O) groups excluding carboxylic acids is 1. The van der Waals surface area contributed by atoms with Gasteiger partial charge in [-0.25, -0.2) is 4.72 Å². The Labute approximate surface area is 107 Å². The van der Waals surface area contributed by atoms with Crippen molar-refractivity contribution in [3.05, 3.63) is 30.3 Å². The molecule has 0 aliphatic heterocycles. The minimum absolute atomic E-state index is 0.168. The van der Waals surface area contributed by atoms with Gasteiger partial charge in [0.1, 0.15) is 5.75 Å². The summed E-state index contributed by atoms with van der Waals surface area (Å²) in [5.74, 6) is -0.738. The van der Waals surface area contributed by atoms with E-state index in [1.807, 2.05) is 11.6 Å². The Kier molecular flexibility index (Phi) is 5.15.